The number of ether oxygens (including phenoxy) is 1. The quantitative estimate of drug-likeness (QED) is 0.770. The molecule has 0 radical (unpaired) electrons. The zero-order valence-corrected chi connectivity index (χ0v) is 9.34. The first kappa shape index (κ1) is 11.3. The summed E-state index contributed by atoms with van der Waals surface area (Å²) in [7, 11) is 0. The predicted molar refractivity (Wildman–Crippen MR) is 58.7 cm³/mol. The van der Waals surface area contributed by atoms with Gasteiger partial charge >= 0.3 is 0 Å². The number of H-pyrrole nitrogens is 1. The van der Waals surface area contributed by atoms with Crippen LogP contribution >= 0.6 is 0 Å². The number of fused-ring (bicyclic) bond motifs is 1. The molecule has 0 saturated carbocycles. The van der Waals surface area contributed by atoms with Crippen molar-refractivity contribution in [3.63, 3.8) is 0 Å². The predicted octanol–water partition coefficient (Wildman–Crippen LogP) is -0.261. The van der Waals surface area contributed by atoms with Gasteiger partial charge in [-0.25, -0.2) is 14.4 Å². The molecule has 3 heterocycles. The third-order valence-electron chi connectivity index (χ3n) is 3.03. The fourth-order valence-electron chi connectivity index (χ4n) is 2.04. The van der Waals surface area contributed by atoms with Crippen LogP contribution < -0.4 is 5.56 Å². The molecule has 0 spiro atoms. The van der Waals surface area contributed by atoms with E-state index in [2.05, 4.69) is 15.0 Å². The highest BCUT2D eigenvalue weighted by atomic mass is 19.1. The Kier molecular flexibility index (Phi) is 2.42. The number of aliphatic hydroxyl groups excluding tert-OH is 1. The molecular formula is C10H11FN4O3. The standard InChI is InChI=1S/C10H11FN4O3/c11-10(2-16)1-6(18-3-10)15-5-14-7-8(15)12-4-13-9(7)17/h4-6,16H,1-3H2,(H,12,13,17)/t6-,10+/m0/s1. The second kappa shape index (κ2) is 3.85. The third-order valence-corrected chi connectivity index (χ3v) is 3.03. The van der Waals surface area contributed by atoms with Gasteiger partial charge in [-0.05, 0) is 0 Å². The molecule has 2 N–H and O–H groups in total. The van der Waals surface area contributed by atoms with Gasteiger partial charge in [0, 0.05) is 6.42 Å². The van der Waals surface area contributed by atoms with E-state index in [0.29, 0.717) is 5.65 Å². The Hall–Kier alpha value is -1.80. The maximum atomic E-state index is 13.9. The summed E-state index contributed by atoms with van der Waals surface area (Å²) in [5.74, 6) is 0. The van der Waals surface area contributed by atoms with E-state index in [4.69, 9.17) is 9.84 Å². The van der Waals surface area contributed by atoms with Gasteiger partial charge in [-0.15, -0.1) is 0 Å². The van der Waals surface area contributed by atoms with Crippen molar-refractivity contribution in [2.75, 3.05) is 13.2 Å². The molecule has 2 aromatic rings. The lowest BCUT2D eigenvalue weighted by Gasteiger charge is -2.14. The van der Waals surface area contributed by atoms with Crippen molar-refractivity contribution in [1.29, 1.82) is 0 Å². The highest BCUT2D eigenvalue weighted by molar-refractivity contribution is 5.68. The lowest BCUT2D eigenvalue weighted by Crippen LogP contribution is -2.27. The van der Waals surface area contributed by atoms with Crippen molar-refractivity contribution in [1.82, 2.24) is 19.5 Å². The third kappa shape index (κ3) is 1.61. The average molecular weight is 254 g/mol. The van der Waals surface area contributed by atoms with Gasteiger partial charge in [0.1, 0.15) is 6.23 Å². The molecule has 3 rings (SSSR count). The largest absolute Gasteiger partial charge is 0.393 e. The van der Waals surface area contributed by atoms with E-state index in [-0.39, 0.29) is 24.1 Å². The van der Waals surface area contributed by atoms with Crippen molar-refractivity contribution < 1.29 is 14.2 Å². The molecule has 0 unspecified atom stereocenters. The van der Waals surface area contributed by atoms with Crippen molar-refractivity contribution in [3.8, 4) is 0 Å². The lowest BCUT2D eigenvalue weighted by molar-refractivity contribution is 0.0302. The van der Waals surface area contributed by atoms with Crippen LogP contribution in [-0.4, -0.2) is 43.5 Å². The fraction of sp³-hybridized carbons (Fsp3) is 0.500. The van der Waals surface area contributed by atoms with E-state index in [1.807, 2.05) is 0 Å². The molecular weight excluding hydrogens is 243 g/mol. The average Bonchev–Trinajstić information content (AvgIpc) is 2.94. The highest BCUT2D eigenvalue weighted by Gasteiger charge is 2.41. The minimum atomic E-state index is -1.75. The first-order valence-corrected chi connectivity index (χ1v) is 5.44. The number of nitrogens with one attached hydrogen (secondary N) is 1. The molecule has 0 amide bonds. The van der Waals surface area contributed by atoms with Gasteiger partial charge in [-0.3, -0.25) is 9.36 Å². The van der Waals surface area contributed by atoms with Crippen LogP contribution in [0.1, 0.15) is 12.6 Å². The van der Waals surface area contributed by atoms with E-state index in [0.717, 1.165) is 0 Å². The van der Waals surface area contributed by atoms with Gasteiger partial charge in [-0.2, -0.15) is 0 Å². The number of hydrogen-bond donors (Lipinski definition) is 2. The van der Waals surface area contributed by atoms with Crippen molar-refractivity contribution in [3.05, 3.63) is 23.0 Å². The first-order valence-electron chi connectivity index (χ1n) is 5.44. The number of imidazole rings is 1. The summed E-state index contributed by atoms with van der Waals surface area (Å²) in [4.78, 5) is 21.8. The highest BCUT2D eigenvalue weighted by Crippen LogP contribution is 2.34. The second-order valence-corrected chi connectivity index (χ2v) is 4.33. The Balaban J connectivity index is 2.02. The van der Waals surface area contributed by atoms with Crippen LogP contribution in [0, 0.1) is 0 Å². The molecule has 0 aliphatic carbocycles. The van der Waals surface area contributed by atoms with Crippen LogP contribution in [0.2, 0.25) is 0 Å². The minimum Gasteiger partial charge on any atom is -0.393 e. The zero-order valence-electron chi connectivity index (χ0n) is 9.34. The number of aromatic amines is 1. The van der Waals surface area contributed by atoms with Crippen LogP contribution in [-0.2, 0) is 4.74 Å². The Labute approximate surface area is 100 Å². The molecule has 0 bridgehead atoms. The van der Waals surface area contributed by atoms with Crippen LogP contribution in [0.3, 0.4) is 0 Å². The van der Waals surface area contributed by atoms with E-state index in [9.17, 15) is 9.18 Å². The van der Waals surface area contributed by atoms with Gasteiger partial charge in [0.15, 0.2) is 16.8 Å². The van der Waals surface area contributed by atoms with E-state index < -0.39 is 18.5 Å². The number of halogens is 1. The first-order chi connectivity index (χ1) is 8.63. The Bertz CT molecular complexity index is 639. The summed E-state index contributed by atoms with van der Waals surface area (Å²) in [5.41, 5.74) is -1.58. The molecule has 0 aromatic carbocycles. The van der Waals surface area contributed by atoms with Crippen LogP contribution in [0.4, 0.5) is 4.39 Å². The molecule has 1 fully saturated rings. The van der Waals surface area contributed by atoms with Crippen molar-refractivity contribution in [2.45, 2.75) is 18.3 Å². The van der Waals surface area contributed by atoms with E-state index in [1.54, 1.807) is 0 Å². The number of aromatic nitrogens is 4. The normalized spacial score (nSPS) is 28.0. The number of alkyl halides is 1. The number of aliphatic hydroxyl groups is 1. The molecule has 96 valence electrons. The number of rotatable bonds is 2. The summed E-state index contributed by atoms with van der Waals surface area (Å²) in [6.45, 7) is -0.777. The molecule has 1 aliphatic rings. The Morgan fingerprint density at radius 2 is 2.50 bits per heavy atom. The van der Waals surface area contributed by atoms with Crippen LogP contribution in [0.25, 0.3) is 11.2 Å². The van der Waals surface area contributed by atoms with E-state index in [1.165, 1.54) is 17.2 Å². The smallest absolute Gasteiger partial charge is 0.278 e. The maximum absolute atomic E-state index is 13.9. The molecule has 8 heteroatoms. The summed E-state index contributed by atoms with van der Waals surface area (Å²) in [5, 5.41) is 8.95. The van der Waals surface area contributed by atoms with Crippen molar-refractivity contribution in [2.24, 2.45) is 0 Å². The minimum absolute atomic E-state index is 0.00341. The summed E-state index contributed by atoms with van der Waals surface area (Å²) in [6.07, 6.45) is 2.04. The van der Waals surface area contributed by atoms with Gasteiger partial charge in [0.2, 0.25) is 0 Å². The topological polar surface area (TPSA) is 93.0 Å². The second-order valence-electron chi connectivity index (χ2n) is 4.33. The molecule has 1 saturated heterocycles. The SMILES string of the molecule is O=c1[nH]cnc2c1ncn2[C@@H]1C[C@@](F)(CO)CO1. The molecule has 7 nitrogen and oxygen atoms in total. The fourth-order valence-corrected chi connectivity index (χ4v) is 2.04. The molecule has 2 atom stereocenters. The monoisotopic (exact) mass is 254 g/mol. The van der Waals surface area contributed by atoms with Crippen LogP contribution in [0.15, 0.2) is 17.4 Å². The summed E-state index contributed by atoms with van der Waals surface area (Å²) < 4.78 is 20.7. The Morgan fingerprint density at radius 3 is 3.22 bits per heavy atom. The van der Waals surface area contributed by atoms with Gasteiger partial charge in [-0.1, -0.05) is 0 Å². The molecule has 1 aliphatic heterocycles. The van der Waals surface area contributed by atoms with Gasteiger partial charge < -0.3 is 14.8 Å². The lowest BCUT2D eigenvalue weighted by atomic mass is 10.1. The van der Waals surface area contributed by atoms with Crippen LogP contribution in [0.5, 0.6) is 0 Å². The Morgan fingerprint density at radius 1 is 1.67 bits per heavy atom. The van der Waals surface area contributed by atoms with E-state index >= 15 is 0 Å². The zero-order chi connectivity index (χ0) is 12.8. The van der Waals surface area contributed by atoms with Gasteiger partial charge in [0.05, 0.1) is 25.9 Å². The number of nitrogens with zero attached hydrogens (tertiary/aromatic N) is 3. The summed E-state index contributed by atoms with van der Waals surface area (Å²) >= 11 is 0. The van der Waals surface area contributed by atoms with Crippen molar-refractivity contribution >= 4 is 11.2 Å². The summed E-state index contributed by atoms with van der Waals surface area (Å²) in [6, 6.07) is 0. The maximum Gasteiger partial charge on any atom is 0.278 e. The number of hydrogen-bond acceptors (Lipinski definition) is 5. The van der Waals surface area contributed by atoms with Gasteiger partial charge in [0.25, 0.3) is 5.56 Å². The molecule has 18 heavy (non-hydrogen) atoms. The molecule has 2 aromatic heterocycles.